The lowest BCUT2D eigenvalue weighted by molar-refractivity contribution is -0.119. The lowest BCUT2D eigenvalue weighted by Crippen LogP contribution is -2.40. The number of carbonyl (C=O) groups is 1. The molecule has 200 valence electrons. The number of ether oxygens (including phenoxy) is 1. The molecule has 4 rings (SSSR count). The van der Waals surface area contributed by atoms with E-state index < -0.39 is 22.5 Å². The Morgan fingerprint density at radius 1 is 0.923 bits per heavy atom. The van der Waals surface area contributed by atoms with Crippen molar-refractivity contribution in [2.45, 2.75) is 18.4 Å². The van der Waals surface area contributed by atoms with Gasteiger partial charge in [0.15, 0.2) is 0 Å². The Labute approximate surface area is 237 Å². The van der Waals surface area contributed by atoms with Gasteiger partial charge in [0.1, 0.15) is 18.9 Å². The molecular formula is C29H25Cl2N3O4S. The number of hydrogen-bond acceptors (Lipinski definition) is 5. The van der Waals surface area contributed by atoms with Gasteiger partial charge >= 0.3 is 0 Å². The molecule has 4 aromatic rings. The first-order valence-electron chi connectivity index (χ1n) is 11.9. The van der Waals surface area contributed by atoms with Crippen LogP contribution >= 0.6 is 23.2 Å². The largest absolute Gasteiger partial charge is 0.489 e. The summed E-state index contributed by atoms with van der Waals surface area (Å²) < 4.78 is 33.7. The van der Waals surface area contributed by atoms with Crippen LogP contribution in [0.4, 0.5) is 5.69 Å². The molecule has 0 saturated heterocycles. The Morgan fingerprint density at radius 2 is 1.64 bits per heavy atom. The summed E-state index contributed by atoms with van der Waals surface area (Å²) in [5.41, 5.74) is 5.02. The average Bonchev–Trinajstić information content (AvgIpc) is 2.93. The summed E-state index contributed by atoms with van der Waals surface area (Å²) in [5, 5.41) is 4.98. The van der Waals surface area contributed by atoms with E-state index in [1.807, 2.05) is 18.2 Å². The second-order valence-electron chi connectivity index (χ2n) is 8.54. The molecule has 0 radical (unpaired) electrons. The van der Waals surface area contributed by atoms with Crippen molar-refractivity contribution >= 4 is 51.0 Å². The minimum Gasteiger partial charge on any atom is -0.489 e. The molecule has 39 heavy (non-hydrogen) atoms. The van der Waals surface area contributed by atoms with Gasteiger partial charge in [-0.1, -0.05) is 59.6 Å². The van der Waals surface area contributed by atoms with Crippen LogP contribution in [-0.4, -0.2) is 27.1 Å². The van der Waals surface area contributed by atoms with Gasteiger partial charge in [0.25, 0.3) is 15.9 Å². The Kier molecular flexibility index (Phi) is 9.24. The van der Waals surface area contributed by atoms with Crippen molar-refractivity contribution in [2.75, 3.05) is 10.8 Å². The highest BCUT2D eigenvalue weighted by Crippen LogP contribution is 2.29. The van der Waals surface area contributed by atoms with Crippen LogP contribution in [0.2, 0.25) is 10.0 Å². The number of anilines is 1. The average molecular weight is 583 g/mol. The van der Waals surface area contributed by atoms with Crippen molar-refractivity contribution in [2.24, 2.45) is 5.10 Å². The van der Waals surface area contributed by atoms with Gasteiger partial charge in [-0.05, 0) is 84.3 Å². The molecule has 4 aromatic carbocycles. The number of rotatable bonds is 10. The maximum atomic E-state index is 13.5. The summed E-state index contributed by atoms with van der Waals surface area (Å²) in [4.78, 5) is 12.8. The number of carbonyl (C=O) groups excluding carboxylic acids is 1. The smallest absolute Gasteiger partial charge is 0.264 e. The van der Waals surface area contributed by atoms with Crippen molar-refractivity contribution < 1.29 is 17.9 Å². The number of amides is 1. The van der Waals surface area contributed by atoms with E-state index in [1.165, 1.54) is 24.4 Å². The fraction of sp³-hybridized carbons (Fsp3) is 0.103. The lowest BCUT2D eigenvalue weighted by Gasteiger charge is -2.25. The van der Waals surface area contributed by atoms with Crippen LogP contribution in [0.15, 0.2) is 107 Å². The minimum atomic E-state index is -4.06. The topological polar surface area (TPSA) is 88.1 Å². The molecule has 10 heteroatoms. The van der Waals surface area contributed by atoms with Gasteiger partial charge in [0.2, 0.25) is 0 Å². The van der Waals surface area contributed by atoms with Gasteiger partial charge in [-0.2, -0.15) is 5.10 Å². The van der Waals surface area contributed by atoms with Crippen molar-refractivity contribution in [3.05, 3.63) is 124 Å². The Hall–Kier alpha value is -3.85. The third-order valence-corrected chi connectivity index (χ3v) is 7.88. The number of hydrazone groups is 1. The first-order chi connectivity index (χ1) is 18.7. The van der Waals surface area contributed by atoms with Gasteiger partial charge in [0, 0.05) is 10.0 Å². The van der Waals surface area contributed by atoms with E-state index in [4.69, 9.17) is 27.9 Å². The first kappa shape index (κ1) is 28.2. The number of hydrogen-bond donors (Lipinski definition) is 1. The van der Waals surface area contributed by atoms with Gasteiger partial charge in [0.05, 0.1) is 16.8 Å². The fourth-order valence-electron chi connectivity index (χ4n) is 3.66. The summed E-state index contributed by atoms with van der Waals surface area (Å²) in [6, 6.07) is 27.3. The van der Waals surface area contributed by atoms with E-state index in [9.17, 15) is 13.2 Å². The van der Waals surface area contributed by atoms with Gasteiger partial charge in [-0.3, -0.25) is 9.10 Å². The summed E-state index contributed by atoms with van der Waals surface area (Å²) in [6.45, 7) is 1.63. The van der Waals surface area contributed by atoms with Crippen LogP contribution in [0, 0.1) is 6.92 Å². The molecule has 0 spiro atoms. The van der Waals surface area contributed by atoms with E-state index in [1.54, 1.807) is 67.6 Å². The highest BCUT2D eigenvalue weighted by atomic mass is 35.5. The molecule has 0 saturated carbocycles. The van der Waals surface area contributed by atoms with Crippen molar-refractivity contribution in [1.29, 1.82) is 0 Å². The molecule has 1 amide bonds. The number of halogens is 2. The number of nitrogens with one attached hydrogen (secondary N) is 1. The molecule has 0 aromatic heterocycles. The van der Waals surface area contributed by atoms with E-state index in [-0.39, 0.29) is 4.90 Å². The van der Waals surface area contributed by atoms with E-state index in [0.717, 1.165) is 9.87 Å². The third-order valence-electron chi connectivity index (χ3n) is 5.64. The van der Waals surface area contributed by atoms with E-state index in [2.05, 4.69) is 10.5 Å². The molecule has 0 aliphatic carbocycles. The summed E-state index contributed by atoms with van der Waals surface area (Å²) in [6.07, 6.45) is 1.46. The SMILES string of the molecule is Cc1ccc(Cl)cc1N(CC(=O)N/N=C\c1ccc(OCc2cccc(Cl)c2)cc1)S(=O)(=O)c1ccccc1. The van der Waals surface area contributed by atoms with Crippen LogP contribution in [0.3, 0.4) is 0 Å². The van der Waals surface area contributed by atoms with E-state index in [0.29, 0.717) is 39.2 Å². The van der Waals surface area contributed by atoms with E-state index >= 15 is 0 Å². The van der Waals surface area contributed by atoms with Crippen LogP contribution in [0.25, 0.3) is 0 Å². The zero-order valence-electron chi connectivity index (χ0n) is 20.9. The second kappa shape index (κ2) is 12.8. The quantitative estimate of drug-likeness (QED) is 0.178. The maximum Gasteiger partial charge on any atom is 0.264 e. The van der Waals surface area contributed by atoms with Gasteiger partial charge < -0.3 is 4.74 Å². The highest BCUT2D eigenvalue weighted by molar-refractivity contribution is 7.92. The zero-order chi connectivity index (χ0) is 27.8. The minimum absolute atomic E-state index is 0.0540. The standard InChI is InChI=1S/C29H25Cl2N3O4S/c1-21-10-13-25(31)17-28(21)34(39(36,37)27-8-3-2-4-9-27)19-29(35)33-32-18-22-11-14-26(15-12-22)38-20-23-6-5-7-24(30)16-23/h2-18H,19-20H2,1H3,(H,33,35)/b32-18-. The number of sulfonamides is 1. The number of aryl methyl sites for hydroxylation is 1. The molecular weight excluding hydrogens is 557 g/mol. The van der Waals surface area contributed by atoms with Crippen LogP contribution in [-0.2, 0) is 21.4 Å². The number of benzene rings is 4. The third kappa shape index (κ3) is 7.60. The van der Waals surface area contributed by atoms with Crippen LogP contribution in [0.1, 0.15) is 16.7 Å². The fourth-order valence-corrected chi connectivity index (χ4v) is 5.54. The van der Waals surface area contributed by atoms with Gasteiger partial charge in [-0.25, -0.2) is 13.8 Å². The molecule has 0 aliphatic rings. The number of nitrogens with zero attached hydrogens (tertiary/aromatic N) is 2. The normalized spacial score (nSPS) is 11.4. The predicted molar refractivity (Wildman–Crippen MR) is 155 cm³/mol. The van der Waals surface area contributed by atoms with Gasteiger partial charge in [-0.15, -0.1) is 0 Å². The predicted octanol–water partition coefficient (Wildman–Crippen LogP) is 6.23. The van der Waals surface area contributed by atoms with Crippen LogP contribution < -0.4 is 14.5 Å². The molecule has 0 atom stereocenters. The molecule has 0 fully saturated rings. The van der Waals surface area contributed by atoms with Crippen molar-refractivity contribution in [3.8, 4) is 5.75 Å². The monoisotopic (exact) mass is 581 g/mol. The first-order valence-corrected chi connectivity index (χ1v) is 14.0. The molecule has 7 nitrogen and oxygen atoms in total. The Bertz CT molecular complexity index is 1580. The summed E-state index contributed by atoms with van der Waals surface area (Å²) in [7, 11) is -4.06. The maximum absolute atomic E-state index is 13.5. The Morgan fingerprint density at radius 3 is 2.36 bits per heavy atom. The molecule has 1 N–H and O–H groups in total. The zero-order valence-corrected chi connectivity index (χ0v) is 23.2. The van der Waals surface area contributed by atoms with Crippen LogP contribution in [0.5, 0.6) is 5.75 Å². The van der Waals surface area contributed by atoms with Crippen molar-refractivity contribution in [3.63, 3.8) is 0 Å². The molecule has 0 aliphatic heterocycles. The van der Waals surface area contributed by atoms with Crippen molar-refractivity contribution in [1.82, 2.24) is 5.43 Å². The lowest BCUT2D eigenvalue weighted by atomic mass is 10.2. The summed E-state index contributed by atoms with van der Waals surface area (Å²) >= 11 is 12.2. The molecule has 0 heterocycles. The highest BCUT2D eigenvalue weighted by Gasteiger charge is 2.28. The molecule has 0 unspecified atom stereocenters. The second-order valence-corrected chi connectivity index (χ2v) is 11.3. The molecule has 0 bridgehead atoms. The summed E-state index contributed by atoms with van der Waals surface area (Å²) in [5.74, 6) is 0.0430. The Balaban J connectivity index is 1.42.